The Morgan fingerprint density at radius 1 is 1.09 bits per heavy atom. The Hall–Kier alpha value is -1.62. The molecule has 0 radical (unpaired) electrons. The first-order valence-corrected chi connectivity index (χ1v) is 9.13. The van der Waals surface area contributed by atoms with Crippen molar-refractivity contribution in [2.75, 3.05) is 10.6 Å². The fourth-order valence-corrected chi connectivity index (χ4v) is 3.56. The first-order chi connectivity index (χ1) is 11.2. The smallest absolute Gasteiger partial charge is 0.224 e. The van der Waals surface area contributed by atoms with Gasteiger partial charge in [0, 0.05) is 16.7 Å². The molecule has 1 saturated carbocycles. The van der Waals surface area contributed by atoms with E-state index in [1.807, 2.05) is 6.07 Å². The molecule has 1 fully saturated rings. The zero-order valence-corrected chi connectivity index (χ0v) is 15.1. The third kappa shape index (κ3) is 4.67. The molecule has 1 aliphatic rings. The van der Waals surface area contributed by atoms with Crippen LogP contribution in [0.15, 0.2) is 34.9 Å². The molecule has 1 heterocycles. The van der Waals surface area contributed by atoms with Crippen LogP contribution in [-0.2, 0) is 0 Å². The molecule has 1 aromatic carbocycles. The highest BCUT2D eigenvalue weighted by atomic mass is 79.9. The van der Waals surface area contributed by atoms with Crippen molar-refractivity contribution in [3.05, 3.63) is 40.5 Å². The maximum absolute atomic E-state index is 4.60. The van der Waals surface area contributed by atoms with Crippen LogP contribution in [0.3, 0.4) is 0 Å². The molecule has 1 aliphatic carbocycles. The van der Waals surface area contributed by atoms with Gasteiger partial charge in [-0.2, -0.15) is 4.98 Å². The third-order valence-electron chi connectivity index (χ3n) is 4.23. The van der Waals surface area contributed by atoms with Crippen LogP contribution in [-0.4, -0.2) is 16.0 Å². The summed E-state index contributed by atoms with van der Waals surface area (Å²) < 4.78 is 1.04. The largest absolute Gasteiger partial charge is 0.351 e. The highest BCUT2D eigenvalue weighted by Gasteiger charge is 2.13. The molecule has 0 atom stereocenters. The zero-order valence-electron chi connectivity index (χ0n) is 13.5. The first kappa shape index (κ1) is 16.2. The number of benzene rings is 1. The van der Waals surface area contributed by atoms with E-state index in [0.29, 0.717) is 12.0 Å². The lowest BCUT2D eigenvalue weighted by Crippen LogP contribution is -2.20. The van der Waals surface area contributed by atoms with Gasteiger partial charge < -0.3 is 10.6 Å². The Bertz CT molecular complexity index is 651. The topological polar surface area (TPSA) is 49.8 Å². The second kappa shape index (κ2) is 7.77. The molecule has 0 aliphatic heterocycles. The van der Waals surface area contributed by atoms with E-state index >= 15 is 0 Å². The Balaban J connectivity index is 1.69. The van der Waals surface area contributed by atoms with Crippen LogP contribution in [0.2, 0.25) is 0 Å². The van der Waals surface area contributed by atoms with E-state index < -0.39 is 0 Å². The van der Waals surface area contributed by atoms with Crippen LogP contribution in [0.5, 0.6) is 0 Å². The fraction of sp³-hybridized carbons (Fsp3) is 0.444. The number of nitrogens with zero attached hydrogens (tertiary/aromatic N) is 2. The summed E-state index contributed by atoms with van der Waals surface area (Å²) in [6.07, 6.45) is 9.52. The van der Waals surface area contributed by atoms with Gasteiger partial charge in [0.15, 0.2) is 0 Å². The Kier molecular flexibility index (Phi) is 5.49. The summed E-state index contributed by atoms with van der Waals surface area (Å²) in [5.41, 5.74) is 2.23. The van der Waals surface area contributed by atoms with Crippen LogP contribution >= 0.6 is 15.9 Å². The van der Waals surface area contributed by atoms with E-state index in [1.165, 1.54) is 44.1 Å². The molecule has 0 unspecified atom stereocenters. The molecular formula is C18H23BrN4. The van der Waals surface area contributed by atoms with Crippen molar-refractivity contribution < 1.29 is 0 Å². The van der Waals surface area contributed by atoms with Crippen LogP contribution in [0.4, 0.5) is 17.5 Å². The van der Waals surface area contributed by atoms with Gasteiger partial charge in [-0.1, -0.05) is 31.7 Å². The lowest BCUT2D eigenvalue weighted by atomic mass is 10.1. The van der Waals surface area contributed by atoms with Gasteiger partial charge in [-0.25, -0.2) is 4.98 Å². The minimum absolute atomic E-state index is 0.499. The Morgan fingerprint density at radius 3 is 2.61 bits per heavy atom. The lowest BCUT2D eigenvalue weighted by molar-refractivity contribution is 0.615. The molecule has 3 rings (SSSR count). The second-order valence-electron chi connectivity index (χ2n) is 6.21. The summed E-state index contributed by atoms with van der Waals surface area (Å²) >= 11 is 3.59. The van der Waals surface area contributed by atoms with Gasteiger partial charge in [-0.3, -0.25) is 0 Å². The predicted molar refractivity (Wildman–Crippen MR) is 99.3 cm³/mol. The predicted octanol–water partition coefficient (Wildman–Crippen LogP) is 5.43. The lowest BCUT2D eigenvalue weighted by Gasteiger charge is -2.16. The maximum Gasteiger partial charge on any atom is 0.224 e. The van der Waals surface area contributed by atoms with Gasteiger partial charge >= 0.3 is 0 Å². The van der Waals surface area contributed by atoms with Crippen molar-refractivity contribution in [3.63, 3.8) is 0 Å². The second-order valence-corrected chi connectivity index (χ2v) is 7.06. The van der Waals surface area contributed by atoms with E-state index in [2.05, 4.69) is 61.7 Å². The van der Waals surface area contributed by atoms with Crippen molar-refractivity contribution in [1.29, 1.82) is 0 Å². The monoisotopic (exact) mass is 374 g/mol. The van der Waals surface area contributed by atoms with Gasteiger partial charge in [0.1, 0.15) is 5.82 Å². The number of rotatable bonds is 4. The van der Waals surface area contributed by atoms with Crippen LogP contribution in [0.25, 0.3) is 0 Å². The molecule has 0 bridgehead atoms. The van der Waals surface area contributed by atoms with E-state index in [9.17, 15) is 0 Å². The SMILES string of the molecule is Cc1ccc(Nc2ccnc(NC3CCCCCC3)n2)c(Br)c1. The van der Waals surface area contributed by atoms with Crippen molar-refractivity contribution in [1.82, 2.24) is 9.97 Å². The summed E-state index contributed by atoms with van der Waals surface area (Å²) in [4.78, 5) is 8.97. The zero-order chi connectivity index (χ0) is 16.1. The number of anilines is 3. The van der Waals surface area contributed by atoms with E-state index in [1.54, 1.807) is 6.20 Å². The number of aromatic nitrogens is 2. The van der Waals surface area contributed by atoms with E-state index in [4.69, 9.17) is 0 Å². The molecular weight excluding hydrogens is 352 g/mol. The number of aryl methyl sites for hydroxylation is 1. The average molecular weight is 375 g/mol. The van der Waals surface area contributed by atoms with Crippen molar-refractivity contribution >= 4 is 33.4 Å². The Labute approximate surface area is 146 Å². The number of nitrogens with one attached hydrogen (secondary N) is 2. The Morgan fingerprint density at radius 2 is 1.87 bits per heavy atom. The number of hydrogen-bond donors (Lipinski definition) is 2. The quantitative estimate of drug-likeness (QED) is 0.700. The van der Waals surface area contributed by atoms with Gasteiger partial charge in [0.2, 0.25) is 5.95 Å². The van der Waals surface area contributed by atoms with Crippen molar-refractivity contribution in [2.45, 2.75) is 51.5 Å². The van der Waals surface area contributed by atoms with Gasteiger partial charge in [-0.15, -0.1) is 0 Å². The highest BCUT2D eigenvalue weighted by Crippen LogP contribution is 2.26. The normalized spacial score (nSPS) is 15.9. The third-order valence-corrected chi connectivity index (χ3v) is 4.89. The van der Waals surface area contributed by atoms with Gasteiger partial charge in [0.05, 0.1) is 5.69 Å². The summed E-state index contributed by atoms with van der Waals surface area (Å²) in [6.45, 7) is 2.08. The van der Waals surface area contributed by atoms with Crippen LogP contribution in [0, 0.1) is 6.92 Å². The standard InChI is InChI=1S/C18H23BrN4/c1-13-8-9-16(15(19)12-13)22-17-10-11-20-18(23-17)21-14-6-4-2-3-5-7-14/h8-12,14H,2-7H2,1H3,(H2,20,21,22,23). The summed E-state index contributed by atoms with van der Waals surface area (Å²) in [5, 5.41) is 6.85. The summed E-state index contributed by atoms with van der Waals surface area (Å²) in [7, 11) is 0. The number of halogens is 1. The summed E-state index contributed by atoms with van der Waals surface area (Å²) in [6, 6.07) is 8.62. The first-order valence-electron chi connectivity index (χ1n) is 8.33. The molecule has 2 N–H and O–H groups in total. The summed E-state index contributed by atoms with van der Waals surface area (Å²) in [5.74, 6) is 1.52. The number of hydrogen-bond acceptors (Lipinski definition) is 4. The molecule has 5 heteroatoms. The maximum atomic E-state index is 4.60. The molecule has 2 aromatic rings. The van der Waals surface area contributed by atoms with Gasteiger partial charge in [-0.05, 0) is 59.5 Å². The van der Waals surface area contributed by atoms with Crippen LogP contribution < -0.4 is 10.6 Å². The minimum atomic E-state index is 0.499. The van der Waals surface area contributed by atoms with E-state index in [0.717, 1.165) is 16.0 Å². The molecule has 0 amide bonds. The van der Waals surface area contributed by atoms with Crippen molar-refractivity contribution in [3.8, 4) is 0 Å². The average Bonchev–Trinajstić information content (AvgIpc) is 2.79. The van der Waals surface area contributed by atoms with Gasteiger partial charge in [0.25, 0.3) is 0 Å². The van der Waals surface area contributed by atoms with Crippen LogP contribution in [0.1, 0.15) is 44.1 Å². The molecule has 122 valence electrons. The molecule has 0 saturated heterocycles. The molecule has 4 nitrogen and oxygen atoms in total. The highest BCUT2D eigenvalue weighted by molar-refractivity contribution is 9.10. The molecule has 23 heavy (non-hydrogen) atoms. The van der Waals surface area contributed by atoms with E-state index in [-0.39, 0.29) is 0 Å². The van der Waals surface area contributed by atoms with Crippen molar-refractivity contribution in [2.24, 2.45) is 0 Å². The molecule has 1 aromatic heterocycles. The fourth-order valence-electron chi connectivity index (χ4n) is 2.96. The molecule has 0 spiro atoms. The minimum Gasteiger partial charge on any atom is -0.351 e.